The van der Waals surface area contributed by atoms with E-state index in [0.717, 1.165) is 16.5 Å². The molecule has 34 heavy (non-hydrogen) atoms. The largest absolute Gasteiger partial charge is 0.508 e. The van der Waals surface area contributed by atoms with Crippen LogP contribution in [0.2, 0.25) is 0 Å². The van der Waals surface area contributed by atoms with Gasteiger partial charge in [0, 0.05) is 23.4 Å². The highest BCUT2D eigenvalue weighted by Gasteiger charge is 2.35. The number of methoxy groups -OCH3 is 1. The van der Waals surface area contributed by atoms with E-state index in [2.05, 4.69) is 10.3 Å². The van der Waals surface area contributed by atoms with Crippen molar-refractivity contribution in [2.24, 2.45) is 4.99 Å². The summed E-state index contributed by atoms with van der Waals surface area (Å²) >= 11 is 5.43. The van der Waals surface area contributed by atoms with Gasteiger partial charge in [0.05, 0.1) is 12.8 Å². The molecule has 1 heterocycles. The summed E-state index contributed by atoms with van der Waals surface area (Å²) in [5, 5.41) is 15.6. The molecule has 0 unspecified atom stereocenters. The molecule has 0 radical (unpaired) electrons. The third-order valence-electron chi connectivity index (χ3n) is 5.73. The first-order valence-corrected chi connectivity index (χ1v) is 11.1. The second-order valence-electron chi connectivity index (χ2n) is 7.80. The van der Waals surface area contributed by atoms with Crippen molar-refractivity contribution in [3.63, 3.8) is 0 Å². The van der Waals surface area contributed by atoms with Gasteiger partial charge in [-0.3, -0.25) is 9.69 Å². The zero-order valence-electron chi connectivity index (χ0n) is 18.4. The number of carbonyl (C=O) groups excluding carboxylic acids is 1. The summed E-state index contributed by atoms with van der Waals surface area (Å²) in [6.07, 6.45) is 0. The van der Waals surface area contributed by atoms with E-state index >= 15 is 0 Å². The van der Waals surface area contributed by atoms with E-state index in [1.165, 1.54) is 0 Å². The number of amides is 1. The monoisotopic (exact) mass is 467 g/mol. The minimum atomic E-state index is -0.260. The van der Waals surface area contributed by atoms with E-state index in [9.17, 15) is 9.90 Å². The molecule has 0 aromatic heterocycles. The van der Waals surface area contributed by atoms with Gasteiger partial charge in [-0.25, -0.2) is 4.99 Å². The number of hydrogen-bond acceptors (Lipinski definition) is 4. The third kappa shape index (κ3) is 3.97. The Bertz CT molecular complexity index is 1450. The molecule has 168 valence electrons. The SMILES string of the molecule is COc1ccc(N2C(=O)C(=NC(=S)NCc3cc4ccccc4cc3O)c3ccccc32)cc1. The Balaban J connectivity index is 1.40. The molecule has 4 aromatic rings. The van der Waals surface area contributed by atoms with Crippen LogP contribution in [0.4, 0.5) is 11.4 Å². The van der Waals surface area contributed by atoms with Crippen molar-refractivity contribution in [3.05, 3.63) is 96.1 Å². The number of fused-ring (bicyclic) bond motifs is 2. The highest BCUT2D eigenvalue weighted by molar-refractivity contribution is 7.80. The minimum absolute atomic E-state index is 0.169. The summed E-state index contributed by atoms with van der Waals surface area (Å²) in [5.41, 5.74) is 3.13. The van der Waals surface area contributed by atoms with Crippen LogP contribution < -0.4 is 15.0 Å². The van der Waals surface area contributed by atoms with E-state index in [4.69, 9.17) is 17.0 Å². The number of anilines is 2. The molecule has 0 spiro atoms. The molecule has 4 aromatic carbocycles. The number of para-hydroxylation sites is 1. The van der Waals surface area contributed by atoms with Crippen LogP contribution >= 0.6 is 12.2 Å². The van der Waals surface area contributed by atoms with Crippen LogP contribution in [0.1, 0.15) is 11.1 Å². The number of nitrogens with zero attached hydrogens (tertiary/aromatic N) is 2. The van der Waals surface area contributed by atoms with Crippen LogP contribution in [-0.4, -0.2) is 28.9 Å². The fourth-order valence-electron chi connectivity index (χ4n) is 4.02. The molecule has 5 rings (SSSR count). The topological polar surface area (TPSA) is 74.2 Å². The summed E-state index contributed by atoms with van der Waals surface area (Å²) in [4.78, 5) is 19.4. The number of phenolic OH excluding ortho intramolecular Hbond substituents is 1. The molecule has 6 nitrogen and oxygen atoms in total. The van der Waals surface area contributed by atoms with Crippen LogP contribution in [0.5, 0.6) is 11.5 Å². The predicted molar refractivity (Wildman–Crippen MR) is 138 cm³/mol. The molecule has 7 heteroatoms. The highest BCUT2D eigenvalue weighted by atomic mass is 32.1. The molecule has 0 fully saturated rings. The highest BCUT2D eigenvalue weighted by Crippen LogP contribution is 2.36. The normalized spacial score (nSPS) is 13.9. The number of thiocarbonyl (C=S) groups is 1. The average molecular weight is 468 g/mol. The summed E-state index contributed by atoms with van der Waals surface area (Å²) in [6, 6.07) is 26.2. The van der Waals surface area contributed by atoms with Gasteiger partial charge in [0.25, 0.3) is 5.91 Å². The van der Waals surface area contributed by atoms with Gasteiger partial charge < -0.3 is 15.2 Å². The van der Waals surface area contributed by atoms with Gasteiger partial charge in [-0.05, 0) is 65.5 Å². The first-order valence-electron chi connectivity index (χ1n) is 10.7. The molecular formula is C27H21N3O3S. The number of nitrogens with one attached hydrogen (secondary N) is 1. The lowest BCUT2D eigenvalue weighted by Gasteiger charge is -2.17. The average Bonchev–Trinajstić information content (AvgIpc) is 3.14. The van der Waals surface area contributed by atoms with Crippen LogP contribution in [0, 0.1) is 0 Å². The van der Waals surface area contributed by atoms with Crippen molar-refractivity contribution in [1.29, 1.82) is 0 Å². The zero-order chi connectivity index (χ0) is 23.7. The Morgan fingerprint density at radius 2 is 1.68 bits per heavy atom. The zero-order valence-corrected chi connectivity index (χ0v) is 19.2. The quantitative estimate of drug-likeness (QED) is 0.409. The Morgan fingerprint density at radius 1 is 1.00 bits per heavy atom. The fourth-order valence-corrected chi connectivity index (χ4v) is 4.19. The van der Waals surface area contributed by atoms with E-state index < -0.39 is 0 Å². The Hall–Kier alpha value is -4.23. The molecule has 0 aliphatic carbocycles. The lowest BCUT2D eigenvalue weighted by molar-refractivity contribution is -0.111. The number of aliphatic imine (C=N–C) groups is 1. The Labute approximate surface area is 202 Å². The van der Waals surface area contributed by atoms with E-state index in [1.807, 2.05) is 78.9 Å². The summed E-state index contributed by atoms with van der Waals surface area (Å²) in [5.74, 6) is 0.624. The molecular weight excluding hydrogens is 446 g/mol. The van der Waals surface area contributed by atoms with Crippen LogP contribution in [0.25, 0.3) is 10.8 Å². The van der Waals surface area contributed by atoms with Gasteiger partial charge in [-0.2, -0.15) is 0 Å². The number of benzene rings is 4. The van der Waals surface area contributed by atoms with Crippen molar-refractivity contribution >= 4 is 51.1 Å². The molecule has 1 aliphatic rings. The van der Waals surface area contributed by atoms with Gasteiger partial charge in [0.15, 0.2) is 5.11 Å². The van der Waals surface area contributed by atoms with Crippen molar-refractivity contribution in [3.8, 4) is 11.5 Å². The number of rotatable bonds is 4. The molecule has 0 atom stereocenters. The lowest BCUT2D eigenvalue weighted by Crippen LogP contribution is -2.28. The first-order chi connectivity index (χ1) is 16.5. The summed E-state index contributed by atoms with van der Waals surface area (Å²) < 4.78 is 5.23. The molecule has 0 saturated carbocycles. The first kappa shape index (κ1) is 21.6. The van der Waals surface area contributed by atoms with Crippen LogP contribution in [0.3, 0.4) is 0 Å². The summed E-state index contributed by atoms with van der Waals surface area (Å²) in [7, 11) is 1.60. The van der Waals surface area contributed by atoms with E-state index in [0.29, 0.717) is 22.6 Å². The van der Waals surface area contributed by atoms with Crippen LogP contribution in [-0.2, 0) is 11.3 Å². The molecule has 2 N–H and O–H groups in total. The van der Waals surface area contributed by atoms with E-state index in [-0.39, 0.29) is 29.0 Å². The lowest BCUT2D eigenvalue weighted by atomic mass is 10.1. The van der Waals surface area contributed by atoms with Crippen molar-refractivity contribution in [2.75, 3.05) is 12.0 Å². The fraction of sp³-hybridized carbons (Fsp3) is 0.0741. The Morgan fingerprint density at radius 3 is 2.41 bits per heavy atom. The number of aromatic hydroxyl groups is 1. The minimum Gasteiger partial charge on any atom is -0.508 e. The standard InChI is InChI=1S/C27H21N3O3S/c1-33-21-12-10-20(11-13-21)30-23-9-5-4-8-22(23)25(26(30)32)29-27(34)28-16-19-14-17-6-2-3-7-18(17)15-24(19)31/h2-15,31H,16H2,1H3,(H,28,34). The molecule has 0 bridgehead atoms. The second kappa shape index (κ2) is 8.96. The molecule has 1 amide bonds. The third-order valence-corrected chi connectivity index (χ3v) is 5.96. The number of hydrogen-bond donors (Lipinski definition) is 2. The van der Waals surface area contributed by atoms with Gasteiger partial charge in [0.2, 0.25) is 0 Å². The second-order valence-corrected chi connectivity index (χ2v) is 8.19. The number of ether oxygens (including phenoxy) is 1. The van der Waals surface area contributed by atoms with Crippen molar-refractivity contribution in [1.82, 2.24) is 5.32 Å². The number of phenols is 1. The maximum absolute atomic E-state index is 13.4. The Kier molecular flexibility index (Phi) is 5.69. The van der Waals surface area contributed by atoms with Crippen molar-refractivity contribution in [2.45, 2.75) is 6.54 Å². The van der Waals surface area contributed by atoms with Gasteiger partial charge in [0.1, 0.15) is 17.2 Å². The van der Waals surface area contributed by atoms with Gasteiger partial charge >= 0.3 is 0 Å². The molecule has 1 aliphatic heterocycles. The maximum Gasteiger partial charge on any atom is 0.282 e. The summed E-state index contributed by atoms with van der Waals surface area (Å²) in [6.45, 7) is 0.282. The smallest absolute Gasteiger partial charge is 0.282 e. The molecule has 0 saturated heterocycles. The van der Waals surface area contributed by atoms with Gasteiger partial charge in [-0.15, -0.1) is 0 Å². The van der Waals surface area contributed by atoms with E-state index in [1.54, 1.807) is 18.1 Å². The predicted octanol–water partition coefficient (Wildman–Crippen LogP) is 5.10. The van der Waals surface area contributed by atoms with Gasteiger partial charge in [-0.1, -0.05) is 42.5 Å². The maximum atomic E-state index is 13.4. The number of carbonyl (C=O) groups is 1. The van der Waals surface area contributed by atoms with Crippen molar-refractivity contribution < 1.29 is 14.6 Å². The van der Waals surface area contributed by atoms with Crippen LogP contribution in [0.15, 0.2) is 89.9 Å².